The van der Waals surface area contributed by atoms with Gasteiger partial charge in [0.2, 0.25) is 0 Å². The second-order valence-electron chi connectivity index (χ2n) is 26.6. The van der Waals surface area contributed by atoms with E-state index in [-0.39, 0.29) is 32.2 Å². The molecule has 0 aromatic rings. The van der Waals surface area contributed by atoms with Gasteiger partial charge in [-0.3, -0.25) is 9.59 Å². The van der Waals surface area contributed by atoms with E-state index in [0.717, 1.165) is 51.4 Å². The fourth-order valence-electron chi connectivity index (χ4n) is 11.2. The van der Waals surface area contributed by atoms with Gasteiger partial charge < -0.3 is 33.3 Å². The molecule has 0 spiro atoms. The number of quaternary nitrogens is 1. The molecule has 0 fully saturated rings. The number of aliphatic carboxylic acids is 1. The van der Waals surface area contributed by atoms with Gasteiger partial charge in [-0.2, -0.15) is 0 Å². The average Bonchev–Trinajstić information content (AvgIpc) is 3.49. The number of esters is 2. The highest BCUT2D eigenvalue weighted by Gasteiger charge is 2.22. The highest BCUT2D eigenvalue weighted by molar-refractivity contribution is 5.70. The van der Waals surface area contributed by atoms with Crippen LogP contribution in [0.5, 0.6) is 0 Å². The number of carbonyl (C=O) groups is 3. The molecule has 0 aromatic carbocycles. The van der Waals surface area contributed by atoms with Crippen molar-refractivity contribution in [3.63, 3.8) is 0 Å². The topological polar surface area (TPSA) is 111 Å². The van der Waals surface area contributed by atoms with E-state index < -0.39 is 24.3 Å². The molecule has 9 nitrogen and oxygen atoms in total. The Morgan fingerprint density at radius 3 is 0.941 bits per heavy atom. The molecule has 0 rings (SSSR count). The summed E-state index contributed by atoms with van der Waals surface area (Å²) in [4.78, 5) is 37.5. The summed E-state index contributed by atoms with van der Waals surface area (Å²) in [7, 11) is 5.95. The Balaban J connectivity index is 4.03. The Labute approximate surface area is 528 Å². The fourth-order valence-corrected chi connectivity index (χ4v) is 11.2. The molecule has 9 heteroatoms. The van der Waals surface area contributed by atoms with Crippen molar-refractivity contribution < 1.29 is 42.9 Å². The highest BCUT2D eigenvalue weighted by Crippen LogP contribution is 2.19. The number of carboxylic acids is 1. The summed E-state index contributed by atoms with van der Waals surface area (Å²) >= 11 is 0. The van der Waals surface area contributed by atoms with Crippen molar-refractivity contribution in [3.8, 4) is 0 Å². The lowest BCUT2D eigenvalue weighted by Crippen LogP contribution is -2.44. The maximum absolute atomic E-state index is 12.9. The van der Waals surface area contributed by atoms with Crippen molar-refractivity contribution in [2.24, 2.45) is 0 Å². The van der Waals surface area contributed by atoms with Gasteiger partial charge in [0.25, 0.3) is 0 Å². The van der Waals surface area contributed by atoms with Crippen molar-refractivity contribution >= 4 is 17.9 Å². The van der Waals surface area contributed by atoms with Crippen molar-refractivity contribution in [2.75, 3.05) is 47.5 Å². The normalized spacial score (nSPS) is 12.8. The fraction of sp³-hybridized carbons (Fsp3) is 0.882. The molecule has 0 saturated carbocycles. The summed E-state index contributed by atoms with van der Waals surface area (Å²) in [5.74, 6) is -2.25. The minimum atomic E-state index is -1.62. The van der Waals surface area contributed by atoms with Crippen LogP contribution in [-0.2, 0) is 33.3 Å². The van der Waals surface area contributed by atoms with Gasteiger partial charge >= 0.3 is 11.9 Å². The van der Waals surface area contributed by atoms with Crippen molar-refractivity contribution in [3.05, 3.63) is 36.5 Å². The average molecular weight is 1200 g/mol. The molecular formula is C76H143NO8. The van der Waals surface area contributed by atoms with Gasteiger partial charge in [0, 0.05) is 12.8 Å². The zero-order valence-corrected chi connectivity index (χ0v) is 57.3. The summed E-state index contributed by atoms with van der Waals surface area (Å²) in [5, 5.41) is 11.8. The molecule has 0 amide bonds. The number of rotatable bonds is 70. The van der Waals surface area contributed by atoms with Crippen LogP contribution in [0.4, 0.5) is 0 Å². The third kappa shape index (κ3) is 68.9. The van der Waals surface area contributed by atoms with Gasteiger partial charge in [-0.15, -0.1) is 0 Å². The summed E-state index contributed by atoms with van der Waals surface area (Å²) < 4.78 is 22.9. The first-order valence-corrected chi connectivity index (χ1v) is 37.1. The van der Waals surface area contributed by atoms with Crippen LogP contribution in [0.25, 0.3) is 0 Å². The Morgan fingerprint density at radius 1 is 0.353 bits per heavy atom. The lowest BCUT2D eigenvalue weighted by Gasteiger charge is -2.26. The molecule has 0 aliphatic rings. The Hall–Kier alpha value is -2.49. The molecule has 0 heterocycles. The van der Waals surface area contributed by atoms with Crippen LogP contribution in [0.2, 0.25) is 0 Å². The number of nitrogens with zero attached hydrogens (tertiary/aromatic N) is 1. The molecule has 0 N–H and O–H groups in total. The monoisotopic (exact) mass is 1200 g/mol. The third-order valence-corrected chi connectivity index (χ3v) is 16.9. The van der Waals surface area contributed by atoms with Crippen LogP contribution >= 0.6 is 0 Å². The van der Waals surface area contributed by atoms with Crippen LogP contribution in [0, 0.1) is 0 Å². The number of hydrogen-bond donors (Lipinski definition) is 0. The van der Waals surface area contributed by atoms with E-state index in [1.54, 1.807) is 0 Å². The van der Waals surface area contributed by atoms with E-state index in [1.807, 2.05) is 21.1 Å². The molecular weight excluding hydrogens is 1050 g/mol. The molecule has 0 aliphatic heterocycles. The minimum absolute atomic E-state index is 0.151. The Kier molecular flexibility index (Phi) is 65.5. The lowest BCUT2D eigenvalue weighted by molar-refractivity contribution is -0.870. The zero-order chi connectivity index (χ0) is 61.9. The van der Waals surface area contributed by atoms with Gasteiger partial charge in [0.15, 0.2) is 12.4 Å². The molecule has 0 saturated heterocycles. The minimum Gasteiger partial charge on any atom is -0.545 e. The number of allylic oxidation sites excluding steroid dienone is 6. The van der Waals surface area contributed by atoms with E-state index in [1.165, 1.54) is 295 Å². The summed E-state index contributed by atoms with van der Waals surface area (Å²) in [6, 6.07) is 0. The third-order valence-electron chi connectivity index (χ3n) is 16.9. The van der Waals surface area contributed by atoms with E-state index >= 15 is 0 Å². The van der Waals surface area contributed by atoms with Crippen molar-refractivity contribution in [1.82, 2.24) is 0 Å². The quantitative estimate of drug-likeness (QED) is 0.0195. The number of hydrogen-bond acceptors (Lipinski definition) is 8. The first-order valence-electron chi connectivity index (χ1n) is 37.1. The summed E-state index contributed by atoms with van der Waals surface area (Å²) in [6.45, 7) is 4.81. The van der Waals surface area contributed by atoms with E-state index in [4.69, 9.17) is 18.9 Å². The molecule has 85 heavy (non-hydrogen) atoms. The maximum atomic E-state index is 12.9. The summed E-state index contributed by atoms with van der Waals surface area (Å²) in [5.41, 5.74) is 0. The molecule has 0 bridgehead atoms. The van der Waals surface area contributed by atoms with Crippen LogP contribution < -0.4 is 5.11 Å². The molecule has 0 aromatic heterocycles. The molecule has 0 radical (unpaired) electrons. The standard InChI is InChI=1S/C76H143NO8/c1-6-8-10-12-14-16-18-20-22-24-26-28-30-32-34-35-36-37-38-39-41-43-45-47-49-51-53-55-57-59-61-63-65-67-74(79)85-72(71-84-76(75(80)81)82-69-68-77(3,4)5)70-83-73(78)66-64-62-60-58-56-54-52-50-48-46-44-42-40-33-31-29-27-25-23-21-19-17-15-13-11-9-7-2/h18,20,24,26,30,32,72,76H,6-17,19,21-23,25,27-29,31,33-71H2,1-5H3/b20-18-,26-24-,32-30-. The van der Waals surface area contributed by atoms with Gasteiger partial charge in [-0.1, -0.05) is 346 Å². The lowest BCUT2D eigenvalue weighted by atomic mass is 10.0. The first kappa shape index (κ1) is 82.5. The summed E-state index contributed by atoms with van der Waals surface area (Å²) in [6.07, 6.45) is 82.4. The van der Waals surface area contributed by atoms with Crippen molar-refractivity contribution in [2.45, 2.75) is 386 Å². The van der Waals surface area contributed by atoms with Crippen LogP contribution in [0.15, 0.2) is 36.5 Å². The van der Waals surface area contributed by atoms with Gasteiger partial charge in [-0.05, 0) is 51.4 Å². The number of carbonyl (C=O) groups excluding carboxylic acids is 3. The maximum Gasteiger partial charge on any atom is 0.306 e. The zero-order valence-electron chi connectivity index (χ0n) is 57.3. The van der Waals surface area contributed by atoms with Gasteiger partial charge in [0.05, 0.1) is 40.3 Å². The first-order chi connectivity index (χ1) is 41.6. The number of likely N-dealkylation sites (N-methyl/N-ethyl adjacent to an activating group) is 1. The second kappa shape index (κ2) is 67.4. The van der Waals surface area contributed by atoms with Crippen LogP contribution in [-0.4, -0.2) is 82.3 Å². The second-order valence-corrected chi connectivity index (χ2v) is 26.6. The van der Waals surface area contributed by atoms with Crippen LogP contribution in [0.1, 0.15) is 373 Å². The molecule has 0 aliphatic carbocycles. The number of ether oxygens (including phenoxy) is 4. The molecule has 2 unspecified atom stereocenters. The van der Waals surface area contributed by atoms with Crippen molar-refractivity contribution in [1.29, 1.82) is 0 Å². The van der Waals surface area contributed by atoms with E-state index in [2.05, 4.69) is 50.3 Å². The smallest absolute Gasteiger partial charge is 0.306 e. The van der Waals surface area contributed by atoms with Gasteiger partial charge in [-0.25, -0.2) is 0 Å². The number of carboxylic acid groups (broad SMARTS) is 1. The predicted octanol–water partition coefficient (Wildman–Crippen LogP) is 21.8. The number of unbranched alkanes of at least 4 members (excludes halogenated alkanes) is 49. The largest absolute Gasteiger partial charge is 0.545 e. The van der Waals surface area contributed by atoms with E-state index in [9.17, 15) is 19.5 Å². The molecule has 500 valence electrons. The highest BCUT2D eigenvalue weighted by atomic mass is 16.7. The van der Waals surface area contributed by atoms with Gasteiger partial charge in [0.1, 0.15) is 13.2 Å². The van der Waals surface area contributed by atoms with E-state index in [0.29, 0.717) is 17.4 Å². The SMILES string of the molecule is CCCCCCC/C=C\C/C=C\C/C=C\CCCCCCCCCCCCCCCCCCCCC(=O)OC(COC(=O)CCCCCCCCCCCCCCCCCCCCCCCCCCCCC)COC(OCC[N+](C)(C)C)C(=O)[O-]. The van der Waals surface area contributed by atoms with Crippen LogP contribution in [0.3, 0.4) is 0 Å². The Morgan fingerprint density at radius 2 is 0.635 bits per heavy atom. The predicted molar refractivity (Wildman–Crippen MR) is 362 cm³/mol. The Bertz CT molecular complexity index is 1490. The molecule has 2 atom stereocenters.